The second-order valence-electron chi connectivity index (χ2n) is 5.07. The van der Waals surface area contributed by atoms with Gasteiger partial charge in [0.25, 0.3) is 0 Å². The van der Waals surface area contributed by atoms with Crippen LogP contribution in [-0.4, -0.2) is 19.3 Å². The molecule has 1 saturated heterocycles. The summed E-state index contributed by atoms with van der Waals surface area (Å²) in [7, 11) is 0. The molecule has 0 radical (unpaired) electrons. The van der Waals surface area contributed by atoms with Crippen molar-refractivity contribution in [1.82, 2.24) is 0 Å². The van der Waals surface area contributed by atoms with Gasteiger partial charge in [0, 0.05) is 18.8 Å². The standard InChI is InChI=1S/C15H17F3N2O/c16-15(17,18)14-9-12(6-5-11(14)10-19)20-7-1-3-13-4-2-8-21-13/h5-6,9,13,20H,1-4,7-8H2. The molecular formula is C15H17F3N2O. The van der Waals surface area contributed by atoms with E-state index < -0.39 is 11.7 Å². The van der Waals surface area contributed by atoms with Gasteiger partial charge < -0.3 is 10.1 Å². The number of alkyl halides is 3. The zero-order valence-electron chi connectivity index (χ0n) is 11.5. The topological polar surface area (TPSA) is 45.0 Å². The van der Waals surface area contributed by atoms with Gasteiger partial charge in [-0.2, -0.15) is 18.4 Å². The van der Waals surface area contributed by atoms with Crippen LogP contribution in [0, 0.1) is 11.3 Å². The maximum atomic E-state index is 12.8. The molecule has 0 aliphatic carbocycles. The second kappa shape index (κ2) is 6.81. The van der Waals surface area contributed by atoms with Crippen LogP contribution in [-0.2, 0) is 10.9 Å². The number of halogens is 3. The van der Waals surface area contributed by atoms with Crippen LogP contribution in [0.5, 0.6) is 0 Å². The molecule has 1 aliphatic heterocycles. The lowest BCUT2D eigenvalue weighted by Gasteiger charge is -2.13. The number of nitrogens with zero attached hydrogens (tertiary/aromatic N) is 1. The molecular weight excluding hydrogens is 281 g/mol. The lowest BCUT2D eigenvalue weighted by Crippen LogP contribution is -2.11. The Kier molecular flexibility index (Phi) is 5.07. The van der Waals surface area contributed by atoms with Crippen LogP contribution in [0.15, 0.2) is 18.2 Å². The maximum absolute atomic E-state index is 12.8. The molecule has 0 amide bonds. The number of anilines is 1. The van der Waals surface area contributed by atoms with Crippen LogP contribution in [0.2, 0.25) is 0 Å². The second-order valence-corrected chi connectivity index (χ2v) is 5.07. The summed E-state index contributed by atoms with van der Waals surface area (Å²) in [4.78, 5) is 0. The van der Waals surface area contributed by atoms with E-state index in [2.05, 4.69) is 5.32 Å². The zero-order chi connectivity index (χ0) is 15.3. The predicted octanol–water partition coefficient (Wildman–Crippen LogP) is 3.95. The van der Waals surface area contributed by atoms with Crippen molar-refractivity contribution in [2.24, 2.45) is 0 Å². The minimum atomic E-state index is -4.51. The van der Waals surface area contributed by atoms with Crippen LogP contribution in [0.4, 0.5) is 18.9 Å². The molecule has 1 aromatic rings. The highest BCUT2D eigenvalue weighted by atomic mass is 19.4. The van der Waals surface area contributed by atoms with Gasteiger partial charge in [-0.05, 0) is 43.9 Å². The van der Waals surface area contributed by atoms with Crippen molar-refractivity contribution >= 4 is 5.69 Å². The van der Waals surface area contributed by atoms with E-state index in [1.54, 1.807) is 6.07 Å². The van der Waals surface area contributed by atoms with Gasteiger partial charge in [0.1, 0.15) is 0 Å². The van der Waals surface area contributed by atoms with Gasteiger partial charge in [0.2, 0.25) is 0 Å². The third-order valence-corrected chi connectivity index (χ3v) is 3.50. The SMILES string of the molecule is N#Cc1ccc(NCCCC2CCCO2)cc1C(F)(F)F. The summed E-state index contributed by atoms with van der Waals surface area (Å²) in [6.07, 6.45) is -0.321. The minimum Gasteiger partial charge on any atom is -0.385 e. The number of nitrogens with one attached hydrogen (secondary N) is 1. The van der Waals surface area contributed by atoms with Crippen molar-refractivity contribution in [3.63, 3.8) is 0 Å². The summed E-state index contributed by atoms with van der Waals surface area (Å²) in [6.45, 7) is 1.39. The van der Waals surface area contributed by atoms with Crippen molar-refractivity contribution in [3.05, 3.63) is 29.3 Å². The van der Waals surface area contributed by atoms with E-state index in [4.69, 9.17) is 10.00 Å². The lowest BCUT2D eigenvalue weighted by molar-refractivity contribution is -0.137. The number of ether oxygens (including phenoxy) is 1. The van der Waals surface area contributed by atoms with Crippen LogP contribution in [0.1, 0.15) is 36.8 Å². The van der Waals surface area contributed by atoms with Gasteiger partial charge in [-0.15, -0.1) is 0 Å². The Bertz CT molecular complexity index is 517. The Labute approximate surface area is 121 Å². The molecule has 21 heavy (non-hydrogen) atoms. The average molecular weight is 298 g/mol. The van der Waals surface area contributed by atoms with E-state index in [0.29, 0.717) is 18.3 Å². The number of rotatable bonds is 5. The number of hydrogen-bond donors (Lipinski definition) is 1. The van der Waals surface area contributed by atoms with E-state index in [0.717, 1.165) is 38.4 Å². The van der Waals surface area contributed by atoms with Gasteiger partial charge in [0.05, 0.1) is 23.3 Å². The Morgan fingerprint density at radius 2 is 2.19 bits per heavy atom. The summed E-state index contributed by atoms with van der Waals surface area (Å²) in [5.41, 5.74) is -0.866. The van der Waals surface area contributed by atoms with Gasteiger partial charge in [-0.1, -0.05) is 0 Å². The molecule has 114 valence electrons. The van der Waals surface area contributed by atoms with Crippen LogP contribution in [0.3, 0.4) is 0 Å². The first-order chi connectivity index (χ1) is 10.0. The molecule has 1 aromatic carbocycles. The Morgan fingerprint density at radius 3 is 2.81 bits per heavy atom. The first kappa shape index (κ1) is 15.6. The van der Waals surface area contributed by atoms with Gasteiger partial charge in [0.15, 0.2) is 0 Å². The molecule has 3 nitrogen and oxygen atoms in total. The fraction of sp³-hybridized carbons (Fsp3) is 0.533. The Morgan fingerprint density at radius 1 is 1.38 bits per heavy atom. The summed E-state index contributed by atoms with van der Waals surface area (Å²) >= 11 is 0. The molecule has 1 N–H and O–H groups in total. The highest BCUT2D eigenvalue weighted by Crippen LogP contribution is 2.33. The third-order valence-electron chi connectivity index (χ3n) is 3.50. The van der Waals surface area contributed by atoms with Crippen LogP contribution >= 0.6 is 0 Å². The molecule has 1 fully saturated rings. The van der Waals surface area contributed by atoms with E-state index in [9.17, 15) is 13.2 Å². The molecule has 2 rings (SSSR count). The zero-order valence-corrected chi connectivity index (χ0v) is 11.5. The van der Waals surface area contributed by atoms with E-state index >= 15 is 0 Å². The van der Waals surface area contributed by atoms with Crippen molar-refractivity contribution in [1.29, 1.82) is 5.26 Å². The first-order valence-electron chi connectivity index (χ1n) is 6.97. The van der Waals surface area contributed by atoms with Crippen molar-refractivity contribution in [2.75, 3.05) is 18.5 Å². The van der Waals surface area contributed by atoms with Gasteiger partial charge >= 0.3 is 6.18 Å². The molecule has 1 heterocycles. The fourth-order valence-electron chi connectivity index (χ4n) is 2.42. The predicted molar refractivity (Wildman–Crippen MR) is 72.9 cm³/mol. The third kappa shape index (κ3) is 4.36. The monoisotopic (exact) mass is 298 g/mol. The molecule has 1 unspecified atom stereocenters. The normalized spacial score (nSPS) is 18.5. The Balaban J connectivity index is 1.90. The van der Waals surface area contributed by atoms with Gasteiger partial charge in [-0.25, -0.2) is 0 Å². The number of benzene rings is 1. The summed E-state index contributed by atoms with van der Waals surface area (Å²) < 4.78 is 43.9. The lowest BCUT2D eigenvalue weighted by atomic mass is 10.1. The maximum Gasteiger partial charge on any atom is 0.417 e. The Hall–Kier alpha value is -1.74. The highest BCUT2D eigenvalue weighted by Gasteiger charge is 2.33. The summed E-state index contributed by atoms with van der Waals surface area (Å²) in [5, 5.41) is 11.7. The van der Waals surface area contributed by atoms with Crippen LogP contribution < -0.4 is 5.32 Å². The van der Waals surface area contributed by atoms with E-state index in [-0.39, 0.29) is 5.56 Å². The average Bonchev–Trinajstić information content (AvgIpc) is 2.95. The molecule has 0 aromatic heterocycles. The largest absolute Gasteiger partial charge is 0.417 e. The quantitative estimate of drug-likeness (QED) is 0.837. The van der Waals surface area contributed by atoms with Crippen molar-refractivity contribution < 1.29 is 17.9 Å². The molecule has 1 aliphatic rings. The van der Waals surface area contributed by atoms with Crippen molar-refractivity contribution in [3.8, 4) is 6.07 Å². The van der Waals surface area contributed by atoms with Gasteiger partial charge in [-0.3, -0.25) is 0 Å². The molecule has 0 saturated carbocycles. The van der Waals surface area contributed by atoms with Crippen molar-refractivity contribution in [2.45, 2.75) is 38.0 Å². The first-order valence-corrected chi connectivity index (χ1v) is 6.97. The fourth-order valence-corrected chi connectivity index (χ4v) is 2.42. The van der Waals surface area contributed by atoms with Crippen LogP contribution in [0.25, 0.3) is 0 Å². The smallest absolute Gasteiger partial charge is 0.385 e. The number of nitriles is 1. The molecule has 0 bridgehead atoms. The van der Waals surface area contributed by atoms with E-state index in [1.165, 1.54) is 12.1 Å². The summed E-state index contributed by atoms with van der Waals surface area (Å²) in [6, 6.07) is 5.26. The molecule has 1 atom stereocenters. The number of hydrogen-bond acceptors (Lipinski definition) is 3. The highest BCUT2D eigenvalue weighted by molar-refractivity contribution is 5.53. The van der Waals surface area contributed by atoms with E-state index in [1.807, 2.05) is 0 Å². The molecule has 0 spiro atoms. The minimum absolute atomic E-state index is 0.290. The summed E-state index contributed by atoms with van der Waals surface area (Å²) in [5.74, 6) is 0. The molecule has 6 heteroatoms.